The zero-order valence-corrected chi connectivity index (χ0v) is 22.0. The molecule has 0 N–H and O–H groups in total. The number of thioether (sulfide) groups is 2. The number of fused-ring (bicyclic) bond motifs is 1. The van der Waals surface area contributed by atoms with Gasteiger partial charge in [0.1, 0.15) is 29.2 Å². The minimum absolute atomic E-state index is 0.00839. The first-order chi connectivity index (χ1) is 16.8. The van der Waals surface area contributed by atoms with Crippen molar-refractivity contribution in [2.45, 2.75) is 81.9 Å². The number of rotatable bonds is 4. The molecular formula is C27H30N2O4S2. The number of nitrogens with zero attached hydrogens (tertiary/aromatic N) is 2. The molecule has 1 aliphatic heterocycles. The average Bonchev–Trinajstić information content (AvgIpc) is 3.28. The Labute approximate surface area is 215 Å². The molecule has 3 aliphatic rings. The summed E-state index contributed by atoms with van der Waals surface area (Å²) in [4.78, 5) is 27.2. The molecule has 0 unspecified atom stereocenters. The Balaban J connectivity index is 1.63. The molecule has 0 aromatic heterocycles. The van der Waals surface area contributed by atoms with Gasteiger partial charge in [0.2, 0.25) is 0 Å². The van der Waals surface area contributed by atoms with Crippen molar-refractivity contribution in [3.8, 4) is 23.6 Å². The van der Waals surface area contributed by atoms with Gasteiger partial charge >= 0.3 is 11.9 Å². The summed E-state index contributed by atoms with van der Waals surface area (Å²) in [6.07, 6.45) is 7.31. The maximum absolute atomic E-state index is 13.0. The topological polar surface area (TPSA) is 100 Å². The van der Waals surface area contributed by atoms with Crippen LogP contribution in [0.25, 0.3) is 0 Å². The van der Waals surface area contributed by atoms with Gasteiger partial charge in [-0.05, 0) is 81.8 Å². The molecule has 4 rings (SSSR count). The molecule has 0 atom stereocenters. The monoisotopic (exact) mass is 510 g/mol. The van der Waals surface area contributed by atoms with Crippen molar-refractivity contribution >= 4 is 35.5 Å². The summed E-state index contributed by atoms with van der Waals surface area (Å²) in [5.74, 6) is 1.33. The predicted octanol–water partition coefficient (Wildman–Crippen LogP) is 6.91. The highest BCUT2D eigenvalue weighted by atomic mass is 32.2. The fraction of sp³-hybridized carbons (Fsp3) is 0.556. The van der Waals surface area contributed by atoms with Crippen LogP contribution in [0.2, 0.25) is 0 Å². The Morgan fingerprint density at radius 2 is 1.31 bits per heavy atom. The molecule has 6 nitrogen and oxygen atoms in total. The van der Waals surface area contributed by atoms with Crippen molar-refractivity contribution in [1.29, 1.82) is 10.5 Å². The fourth-order valence-electron chi connectivity index (χ4n) is 4.91. The fourth-order valence-corrected chi connectivity index (χ4v) is 7.45. The summed E-state index contributed by atoms with van der Waals surface area (Å²) in [6.45, 7) is 6.24. The third-order valence-electron chi connectivity index (χ3n) is 7.27. The van der Waals surface area contributed by atoms with Gasteiger partial charge in [-0.25, -0.2) is 0 Å². The molecule has 0 bridgehead atoms. The number of esters is 2. The van der Waals surface area contributed by atoms with E-state index < -0.39 is 0 Å². The third kappa shape index (κ3) is 5.71. The van der Waals surface area contributed by atoms with Gasteiger partial charge in [-0.15, -0.1) is 0 Å². The van der Waals surface area contributed by atoms with Gasteiger partial charge in [-0.1, -0.05) is 37.4 Å². The molecule has 0 radical (unpaired) electrons. The predicted molar refractivity (Wildman–Crippen MR) is 135 cm³/mol. The number of carbonyl (C=O) groups is 2. The largest absolute Gasteiger partial charge is 0.425 e. The minimum Gasteiger partial charge on any atom is -0.425 e. The standard InChI is InChI=1S/C27H30N2O4S2/c1-15-4-8-18(9-5-15)25(30)32-21-12-17(3)22(33-26(31)19-10-6-16(2)7-11-19)24-23(21)34-27(35-24)20(13-28)14-29/h12,15-16,18-19H,4-11H2,1-3H3. The Bertz CT molecular complexity index is 1120. The molecule has 8 heteroatoms. The second kappa shape index (κ2) is 11.1. The van der Waals surface area contributed by atoms with Crippen molar-refractivity contribution in [2.24, 2.45) is 23.7 Å². The van der Waals surface area contributed by atoms with Crippen LogP contribution >= 0.6 is 23.5 Å². The molecule has 2 aliphatic carbocycles. The number of ether oxygens (including phenoxy) is 2. The molecule has 1 aromatic rings. The number of aryl methyl sites for hydroxylation is 1. The van der Waals surface area contributed by atoms with Crippen molar-refractivity contribution in [2.75, 3.05) is 0 Å². The Morgan fingerprint density at radius 1 is 0.829 bits per heavy atom. The van der Waals surface area contributed by atoms with Crippen LogP contribution in [0, 0.1) is 53.3 Å². The van der Waals surface area contributed by atoms with E-state index in [4.69, 9.17) is 9.47 Å². The number of allylic oxidation sites excluding steroid dienone is 1. The maximum atomic E-state index is 13.0. The Kier molecular flexibility index (Phi) is 8.14. The summed E-state index contributed by atoms with van der Waals surface area (Å²) in [5.41, 5.74) is 0.678. The first-order valence-corrected chi connectivity index (χ1v) is 13.9. The average molecular weight is 511 g/mol. The van der Waals surface area contributed by atoms with E-state index in [2.05, 4.69) is 13.8 Å². The summed E-state index contributed by atoms with van der Waals surface area (Å²) < 4.78 is 12.3. The Morgan fingerprint density at radius 3 is 1.83 bits per heavy atom. The quantitative estimate of drug-likeness (QED) is 0.244. The number of hydrogen-bond acceptors (Lipinski definition) is 8. The van der Waals surface area contributed by atoms with Crippen LogP contribution in [0.1, 0.15) is 70.8 Å². The molecule has 0 amide bonds. The lowest BCUT2D eigenvalue weighted by atomic mass is 9.83. The maximum Gasteiger partial charge on any atom is 0.314 e. The van der Waals surface area contributed by atoms with E-state index in [0.717, 1.165) is 51.4 Å². The summed E-state index contributed by atoms with van der Waals surface area (Å²) >= 11 is 2.45. The zero-order chi connectivity index (χ0) is 25.1. The molecule has 1 heterocycles. The van der Waals surface area contributed by atoms with Gasteiger partial charge in [-0.2, -0.15) is 10.5 Å². The van der Waals surface area contributed by atoms with Crippen LogP contribution in [0.4, 0.5) is 0 Å². The van der Waals surface area contributed by atoms with E-state index >= 15 is 0 Å². The van der Waals surface area contributed by atoms with Crippen LogP contribution in [0.3, 0.4) is 0 Å². The van der Waals surface area contributed by atoms with Gasteiger partial charge in [0, 0.05) is 0 Å². The van der Waals surface area contributed by atoms with Crippen molar-refractivity contribution < 1.29 is 19.1 Å². The van der Waals surface area contributed by atoms with Crippen molar-refractivity contribution in [3.05, 3.63) is 21.4 Å². The highest BCUT2D eigenvalue weighted by Gasteiger charge is 2.34. The second-order valence-electron chi connectivity index (χ2n) is 10.0. The number of carbonyl (C=O) groups excluding carboxylic acids is 2. The Hall–Kier alpha value is -2.42. The lowest BCUT2D eigenvalue weighted by Gasteiger charge is -2.26. The van der Waals surface area contributed by atoms with Gasteiger partial charge in [0.15, 0.2) is 0 Å². The van der Waals surface area contributed by atoms with Crippen LogP contribution in [-0.4, -0.2) is 11.9 Å². The highest BCUT2D eigenvalue weighted by molar-refractivity contribution is 8.24. The molecule has 2 saturated carbocycles. The first kappa shape index (κ1) is 25.7. The van der Waals surface area contributed by atoms with Crippen LogP contribution in [0.5, 0.6) is 11.5 Å². The van der Waals surface area contributed by atoms with Gasteiger partial charge in [0.25, 0.3) is 0 Å². The molecule has 0 saturated heterocycles. The third-order valence-corrected chi connectivity index (χ3v) is 9.88. The SMILES string of the molecule is Cc1cc(OC(=O)C2CCC(C)CC2)c2c(c1OC(=O)C1CCC(C)CC1)SC(=C(C#N)C#N)S2. The van der Waals surface area contributed by atoms with E-state index in [1.165, 1.54) is 23.5 Å². The normalized spacial score (nSPS) is 25.7. The molecule has 1 aromatic carbocycles. The van der Waals surface area contributed by atoms with Gasteiger partial charge in [-0.3, -0.25) is 9.59 Å². The lowest BCUT2D eigenvalue weighted by Crippen LogP contribution is -2.26. The van der Waals surface area contributed by atoms with Crippen molar-refractivity contribution in [3.63, 3.8) is 0 Å². The van der Waals surface area contributed by atoms with Gasteiger partial charge in [0.05, 0.1) is 25.9 Å². The summed E-state index contributed by atoms with van der Waals surface area (Å²) in [6, 6.07) is 5.61. The number of nitriles is 2. The van der Waals surface area contributed by atoms with Gasteiger partial charge < -0.3 is 9.47 Å². The molecule has 0 spiro atoms. The second-order valence-corrected chi connectivity index (χ2v) is 12.3. The van der Waals surface area contributed by atoms with E-state index in [0.29, 0.717) is 42.9 Å². The van der Waals surface area contributed by atoms with Crippen molar-refractivity contribution in [1.82, 2.24) is 0 Å². The van der Waals surface area contributed by atoms with Crippen LogP contribution in [-0.2, 0) is 9.59 Å². The van der Waals surface area contributed by atoms with Crippen LogP contribution in [0.15, 0.2) is 25.7 Å². The van der Waals surface area contributed by atoms with E-state index in [-0.39, 0.29) is 29.3 Å². The molecule has 35 heavy (non-hydrogen) atoms. The zero-order valence-electron chi connectivity index (χ0n) is 20.4. The lowest BCUT2D eigenvalue weighted by molar-refractivity contribution is -0.141. The smallest absolute Gasteiger partial charge is 0.314 e. The highest BCUT2D eigenvalue weighted by Crippen LogP contribution is 2.60. The number of hydrogen-bond donors (Lipinski definition) is 0. The minimum atomic E-state index is -0.247. The number of benzene rings is 1. The summed E-state index contributed by atoms with van der Waals surface area (Å²) in [5, 5.41) is 18.8. The molecule has 2 fully saturated rings. The van der Waals surface area contributed by atoms with Crippen LogP contribution < -0.4 is 9.47 Å². The van der Waals surface area contributed by atoms with E-state index in [1.54, 1.807) is 6.07 Å². The summed E-state index contributed by atoms with van der Waals surface area (Å²) in [7, 11) is 0. The first-order valence-electron chi connectivity index (χ1n) is 12.3. The molecule has 184 valence electrons. The molecular weight excluding hydrogens is 480 g/mol. The van der Waals surface area contributed by atoms with E-state index in [1.807, 2.05) is 19.1 Å². The van der Waals surface area contributed by atoms with E-state index in [9.17, 15) is 20.1 Å².